The topological polar surface area (TPSA) is 91.0 Å². The van der Waals surface area contributed by atoms with Crippen LogP contribution in [0.4, 0.5) is 17.2 Å². The molecule has 33 heavy (non-hydrogen) atoms. The van der Waals surface area contributed by atoms with Crippen LogP contribution in [-0.2, 0) is 9.59 Å². The Morgan fingerprint density at radius 3 is 2.52 bits per heavy atom. The second-order valence-electron chi connectivity index (χ2n) is 7.55. The van der Waals surface area contributed by atoms with Crippen molar-refractivity contribution in [2.45, 2.75) is 6.92 Å². The van der Waals surface area contributed by atoms with Crippen molar-refractivity contribution in [2.24, 2.45) is 4.99 Å². The summed E-state index contributed by atoms with van der Waals surface area (Å²) in [5, 5.41) is 6.88. The number of amidine groups is 1. The Labute approximate surface area is 196 Å². The molecule has 1 aromatic heterocycles. The number of thioether (sulfide) groups is 1. The van der Waals surface area contributed by atoms with Gasteiger partial charge in [0, 0.05) is 25.8 Å². The van der Waals surface area contributed by atoms with Crippen LogP contribution in [0.1, 0.15) is 11.3 Å². The van der Waals surface area contributed by atoms with Gasteiger partial charge < -0.3 is 14.7 Å². The minimum absolute atomic E-state index is 0.0617. The maximum absolute atomic E-state index is 13.2. The fourth-order valence-electron chi connectivity index (χ4n) is 3.16. The molecule has 0 atom stereocenters. The largest absolute Gasteiger partial charge is 0.378 e. The minimum atomic E-state index is -0.270. The van der Waals surface area contributed by atoms with Gasteiger partial charge in [-0.3, -0.25) is 14.5 Å². The first-order valence-electron chi connectivity index (χ1n) is 10.2. The number of carbonyl (C=O) groups excluding carboxylic acids is 2. The van der Waals surface area contributed by atoms with Crippen LogP contribution in [0.5, 0.6) is 0 Å². The molecule has 2 heterocycles. The van der Waals surface area contributed by atoms with E-state index in [9.17, 15) is 9.59 Å². The van der Waals surface area contributed by atoms with E-state index in [2.05, 4.69) is 15.5 Å². The molecule has 4 rings (SSSR count). The van der Waals surface area contributed by atoms with Gasteiger partial charge in [-0.2, -0.15) is 0 Å². The average Bonchev–Trinajstić information content (AvgIpc) is 3.35. The molecule has 0 spiro atoms. The van der Waals surface area contributed by atoms with Crippen molar-refractivity contribution in [1.29, 1.82) is 0 Å². The molecule has 0 saturated heterocycles. The lowest BCUT2D eigenvalue weighted by Gasteiger charge is -2.17. The zero-order chi connectivity index (χ0) is 23.4. The number of hydrogen-bond acceptors (Lipinski definition) is 7. The van der Waals surface area contributed by atoms with E-state index in [1.54, 1.807) is 19.1 Å². The number of aromatic nitrogens is 1. The Hall–Kier alpha value is -3.85. The first kappa shape index (κ1) is 22.3. The molecule has 0 bridgehead atoms. The summed E-state index contributed by atoms with van der Waals surface area (Å²) < 4.78 is 4.97. The van der Waals surface area contributed by atoms with E-state index in [0.717, 1.165) is 11.3 Å². The second kappa shape index (κ2) is 9.74. The molecule has 8 nitrogen and oxygen atoms in total. The van der Waals surface area contributed by atoms with E-state index >= 15 is 0 Å². The molecule has 3 aromatic rings. The van der Waals surface area contributed by atoms with Gasteiger partial charge in [0.15, 0.2) is 11.0 Å². The smallest absolute Gasteiger partial charge is 0.283 e. The first-order chi connectivity index (χ1) is 15.9. The third-order valence-electron chi connectivity index (χ3n) is 4.78. The van der Waals surface area contributed by atoms with Crippen molar-refractivity contribution in [3.8, 4) is 0 Å². The maximum atomic E-state index is 13.2. The summed E-state index contributed by atoms with van der Waals surface area (Å²) in [5.74, 6) is 0.504. The maximum Gasteiger partial charge on any atom is 0.283 e. The van der Waals surface area contributed by atoms with Crippen molar-refractivity contribution in [3.63, 3.8) is 0 Å². The van der Waals surface area contributed by atoms with Gasteiger partial charge in [0.2, 0.25) is 5.91 Å². The zero-order valence-corrected chi connectivity index (χ0v) is 19.3. The van der Waals surface area contributed by atoms with E-state index in [4.69, 9.17) is 4.52 Å². The summed E-state index contributed by atoms with van der Waals surface area (Å²) in [7, 11) is 3.94. The fraction of sp³-hybridized carbons (Fsp3) is 0.167. The summed E-state index contributed by atoms with van der Waals surface area (Å²) in [6.07, 6.45) is 1.75. The van der Waals surface area contributed by atoms with Crippen LogP contribution in [0.2, 0.25) is 0 Å². The number of aliphatic imine (C=N–C) groups is 1. The number of anilines is 3. The van der Waals surface area contributed by atoms with Crippen LogP contribution in [0.25, 0.3) is 6.08 Å². The van der Waals surface area contributed by atoms with Gasteiger partial charge in [-0.15, -0.1) is 0 Å². The molecule has 2 amide bonds. The summed E-state index contributed by atoms with van der Waals surface area (Å²) in [6.45, 7) is 1.75. The van der Waals surface area contributed by atoms with Gasteiger partial charge >= 0.3 is 0 Å². The molecule has 168 valence electrons. The predicted molar refractivity (Wildman–Crippen MR) is 132 cm³/mol. The molecule has 0 unspecified atom stereocenters. The predicted octanol–water partition coefficient (Wildman–Crippen LogP) is 4.16. The number of para-hydroxylation sites is 1. The lowest BCUT2D eigenvalue weighted by molar-refractivity contribution is -0.114. The fourth-order valence-corrected chi connectivity index (χ4v) is 3.97. The highest BCUT2D eigenvalue weighted by Gasteiger charge is 2.32. The number of benzene rings is 2. The first-order valence-corrected chi connectivity index (χ1v) is 11.2. The highest BCUT2D eigenvalue weighted by atomic mass is 32.2. The molecule has 0 fully saturated rings. The van der Waals surface area contributed by atoms with Crippen molar-refractivity contribution in [1.82, 2.24) is 5.16 Å². The quantitative estimate of drug-likeness (QED) is 0.554. The molecular formula is C24H23N5O3S. The highest BCUT2D eigenvalue weighted by Crippen LogP contribution is 2.29. The summed E-state index contributed by atoms with van der Waals surface area (Å²) in [4.78, 5) is 33.7. The molecule has 9 heteroatoms. The van der Waals surface area contributed by atoms with Crippen LogP contribution in [0.3, 0.4) is 0 Å². The monoisotopic (exact) mass is 461 g/mol. The number of nitrogens with zero attached hydrogens (tertiary/aromatic N) is 4. The second-order valence-corrected chi connectivity index (χ2v) is 8.49. The Morgan fingerprint density at radius 1 is 1.15 bits per heavy atom. The van der Waals surface area contributed by atoms with Gasteiger partial charge in [-0.05, 0) is 42.8 Å². The number of nitrogens with one attached hydrogen (secondary N) is 1. The van der Waals surface area contributed by atoms with Crippen LogP contribution in [0, 0.1) is 6.92 Å². The van der Waals surface area contributed by atoms with Crippen LogP contribution < -0.4 is 15.1 Å². The van der Waals surface area contributed by atoms with Crippen LogP contribution in [-0.4, -0.2) is 42.0 Å². The third kappa shape index (κ3) is 5.32. The lowest BCUT2D eigenvalue weighted by atomic mass is 10.1. The van der Waals surface area contributed by atoms with E-state index in [1.165, 1.54) is 16.7 Å². The van der Waals surface area contributed by atoms with E-state index in [-0.39, 0.29) is 17.6 Å². The average molecular weight is 462 g/mol. The highest BCUT2D eigenvalue weighted by molar-refractivity contribution is 8.14. The molecular weight excluding hydrogens is 438 g/mol. The molecule has 0 radical (unpaired) electrons. The summed E-state index contributed by atoms with van der Waals surface area (Å²) in [5.41, 5.74) is 2.93. The number of aryl methyl sites for hydroxylation is 1. The third-order valence-corrected chi connectivity index (χ3v) is 5.72. The zero-order valence-electron chi connectivity index (χ0n) is 18.5. The summed E-state index contributed by atoms with van der Waals surface area (Å²) >= 11 is 1.18. The molecule has 1 aliphatic rings. The van der Waals surface area contributed by atoms with E-state index in [1.807, 2.05) is 73.6 Å². The molecule has 1 N–H and O–H groups in total. The molecule has 1 aliphatic heterocycles. The number of hydrogen-bond donors (Lipinski definition) is 1. The molecule has 0 aliphatic carbocycles. The number of carbonyl (C=O) groups is 2. The Morgan fingerprint density at radius 2 is 1.88 bits per heavy atom. The van der Waals surface area contributed by atoms with Crippen molar-refractivity contribution >= 4 is 52.0 Å². The molecule has 2 aromatic carbocycles. The van der Waals surface area contributed by atoms with Gasteiger partial charge in [0.1, 0.15) is 11.5 Å². The standard InChI is InChI=1S/C24H23N5O3S/c1-16-13-21(27-32-16)26-22(30)15-33-24-25-20(14-17-9-11-18(12-10-17)28(2)3)23(31)29(24)19-7-5-4-6-8-19/h4-14H,15H2,1-3H3,(H,26,27,30). The van der Waals surface area contributed by atoms with Crippen molar-refractivity contribution < 1.29 is 14.1 Å². The van der Waals surface area contributed by atoms with Crippen molar-refractivity contribution in [2.75, 3.05) is 35.0 Å². The Kier molecular flexibility index (Phi) is 6.60. The lowest BCUT2D eigenvalue weighted by Crippen LogP contribution is -2.31. The Balaban J connectivity index is 1.55. The van der Waals surface area contributed by atoms with Crippen LogP contribution >= 0.6 is 11.8 Å². The normalized spacial score (nSPS) is 14.5. The SMILES string of the molecule is Cc1cc(NC(=O)CSC2=NC(=Cc3ccc(N(C)C)cc3)C(=O)N2c2ccccc2)no1. The summed E-state index contributed by atoms with van der Waals surface area (Å²) in [6, 6.07) is 18.7. The van der Waals surface area contributed by atoms with E-state index < -0.39 is 0 Å². The van der Waals surface area contributed by atoms with Gasteiger partial charge in [0.05, 0.1) is 11.4 Å². The number of rotatable bonds is 6. The van der Waals surface area contributed by atoms with Crippen molar-refractivity contribution in [3.05, 3.63) is 77.7 Å². The van der Waals surface area contributed by atoms with Gasteiger partial charge in [-0.25, -0.2) is 4.99 Å². The van der Waals surface area contributed by atoms with Gasteiger partial charge in [-0.1, -0.05) is 47.3 Å². The van der Waals surface area contributed by atoms with Gasteiger partial charge in [0.25, 0.3) is 5.91 Å². The minimum Gasteiger partial charge on any atom is -0.378 e. The molecule has 0 saturated carbocycles. The van der Waals surface area contributed by atoms with Crippen LogP contribution in [0.15, 0.2) is 75.9 Å². The number of amides is 2. The Bertz CT molecular complexity index is 1220. The van der Waals surface area contributed by atoms with E-state index in [0.29, 0.717) is 28.1 Å².